The van der Waals surface area contributed by atoms with Gasteiger partial charge < -0.3 is 19.3 Å². The highest BCUT2D eigenvalue weighted by molar-refractivity contribution is 5.77. The van der Waals surface area contributed by atoms with Crippen molar-refractivity contribution < 1.29 is 28.5 Å². The fraction of sp³-hybridized carbons (Fsp3) is 0.964. The number of alkyl halides is 1. The molecule has 5 unspecified atom stereocenters. The van der Waals surface area contributed by atoms with Gasteiger partial charge in [0, 0.05) is 25.7 Å². The monoisotopic (exact) mass is 497 g/mol. The minimum absolute atomic E-state index is 0.199. The number of halogens is 1. The van der Waals surface area contributed by atoms with E-state index in [0.717, 1.165) is 71.2 Å². The molecule has 0 aromatic carbocycles. The smallest absolute Gasteiger partial charge is 0.335 e. The van der Waals surface area contributed by atoms with Crippen molar-refractivity contribution in [2.24, 2.45) is 11.8 Å². The zero-order valence-corrected chi connectivity index (χ0v) is 21.8. The average Bonchev–Trinajstić information content (AvgIpc) is 2.86. The molecule has 0 aromatic rings. The van der Waals surface area contributed by atoms with E-state index in [0.29, 0.717) is 43.9 Å². The molecule has 4 fully saturated rings. The Kier molecular flexibility index (Phi) is 10.3. The summed E-state index contributed by atoms with van der Waals surface area (Å²) in [7, 11) is 0. The van der Waals surface area contributed by atoms with E-state index in [1.54, 1.807) is 0 Å². The van der Waals surface area contributed by atoms with Crippen molar-refractivity contribution in [3.8, 4) is 0 Å². The molecule has 7 heteroatoms. The van der Waals surface area contributed by atoms with Crippen molar-refractivity contribution in [3.63, 3.8) is 0 Å². The van der Waals surface area contributed by atoms with Crippen molar-refractivity contribution in [3.05, 3.63) is 0 Å². The first-order chi connectivity index (χ1) is 17.0. The highest BCUT2D eigenvalue weighted by Gasteiger charge is 2.45. The second-order valence-corrected chi connectivity index (χ2v) is 11.5. The lowest BCUT2D eigenvalue weighted by Crippen LogP contribution is -2.53. The molecule has 0 aromatic heterocycles. The number of morpholine rings is 1. The first-order valence-electron chi connectivity index (χ1n) is 14.5. The zero-order chi connectivity index (χ0) is 24.7. The molecule has 0 radical (unpaired) electrons. The fourth-order valence-electron chi connectivity index (χ4n) is 7.29. The lowest BCUT2D eigenvalue weighted by atomic mass is 9.73. The highest BCUT2D eigenvalue weighted by atomic mass is 19.1. The van der Waals surface area contributed by atoms with Crippen LogP contribution in [0, 0.1) is 11.8 Å². The first-order valence-corrected chi connectivity index (χ1v) is 14.5. The molecule has 202 valence electrons. The Hall–Kier alpha value is -0.760. The van der Waals surface area contributed by atoms with Crippen molar-refractivity contribution >= 4 is 5.97 Å². The summed E-state index contributed by atoms with van der Waals surface area (Å²) >= 11 is 0. The third kappa shape index (κ3) is 7.18. The number of carboxylic acids is 1. The number of rotatable bonds is 11. The molecular formula is C28H48FNO5. The lowest BCUT2D eigenvalue weighted by Gasteiger charge is -2.44. The third-order valence-corrected chi connectivity index (χ3v) is 9.21. The Morgan fingerprint density at radius 1 is 1.03 bits per heavy atom. The molecule has 0 bridgehead atoms. The van der Waals surface area contributed by atoms with Gasteiger partial charge in [-0.2, -0.15) is 0 Å². The van der Waals surface area contributed by atoms with Crippen molar-refractivity contribution in [1.29, 1.82) is 0 Å². The Morgan fingerprint density at radius 3 is 2.51 bits per heavy atom. The molecule has 3 saturated carbocycles. The van der Waals surface area contributed by atoms with Gasteiger partial charge in [-0.25, -0.2) is 9.18 Å². The van der Waals surface area contributed by atoms with Gasteiger partial charge in [0.05, 0.1) is 25.4 Å². The second-order valence-electron chi connectivity index (χ2n) is 11.5. The van der Waals surface area contributed by atoms with Crippen molar-refractivity contribution in [1.82, 2.24) is 4.90 Å². The standard InChI is InChI=1S/C28H48FNO5/c1-2-35-28(27(31)32,20-22-7-3-4-8-24(22)29)19-21-11-13-23(14-12-21)33-17-15-30-16-18-34-26-10-6-5-9-25(26)30/h21-26H,2-20H2,1H3,(H,31,32). The number of carbonyl (C=O) groups is 1. The van der Waals surface area contributed by atoms with Crippen LogP contribution >= 0.6 is 0 Å². The molecule has 0 spiro atoms. The summed E-state index contributed by atoms with van der Waals surface area (Å²) in [4.78, 5) is 15.0. The van der Waals surface area contributed by atoms with Gasteiger partial charge in [-0.1, -0.05) is 25.7 Å². The Labute approximate surface area is 211 Å². The van der Waals surface area contributed by atoms with Crippen LogP contribution in [0.3, 0.4) is 0 Å². The molecule has 0 amide bonds. The molecule has 5 atom stereocenters. The maximum absolute atomic E-state index is 14.6. The minimum atomic E-state index is -1.26. The van der Waals surface area contributed by atoms with Crippen LogP contribution in [-0.4, -0.2) is 78.9 Å². The average molecular weight is 498 g/mol. The van der Waals surface area contributed by atoms with E-state index < -0.39 is 17.7 Å². The van der Waals surface area contributed by atoms with Gasteiger partial charge in [-0.15, -0.1) is 0 Å². The molecule has 1 saturated heterocycles. The van der Waals surface area contributed by atoms with E-state index in [9.17, 15) is 14.3 Å². The number of fused-ring (bicyclic) bond motifs is 1. The summed E-state index contributed by atoms with van der Waals surface area (Å²) in [6.07, 6.45) is 12.7. The van der Waals surface area contributed by atoms with Crippen molar-refractivity contribution in [2.75, 3.05) is 32.9 Å². The Morgan fingerprint density at radius 2 is 1.77 bits per heavy atom. The minimum Gasteiger partial charge on any atom is -0.479 e. The van der Waals surface area contributed by atoms with E-state index >= 15 is 0 Å². The largest absolute Gasteiger partial charge is 0.479 e. The molecule has 1 aliphatic heterocycles. The van der Waals surface area contributed by atoms with Crippen LogP contribution in [0.15, 0.2) is 0 Å². The maximum Gasteiger partial charge on any atom is 0.335 e. The van der Waals surface area contributed by atoms with Crippen LogP contribution < -0.4 is 0 Å². The van der Waals surface area contributed by atoms with Crippen LogP contribution in [0.25, 0.3) is 0 Å². The number of ether oxygens (including phenoxy) is 3. The van der Waals surface area contributed by atoms with Crippen LogP contribution in [0.2, 0.25) is 0 Å². The van der Waals surface area contributed by atoms with Crippen molar-refractivity contribution in [2.45, 2.75) is 127 Å². The van der Waals surface area contributed by atoms with Crippen LogP contribution in [0.5, 0.6) is 0 Å². The van der Waals surface area contributed by atoms with Crippen LogP contribution in [0.1, 0.15) is 96.8 Å². The molecule has 6 nitrogen and oxygen atoms in total. The second kappa shape index (κ2) is 13.2. The summed E-state index contributed by atoms with van der Waals surface area (Å²) in [5, 5.41) is 10.2. The van der Waals surface area contributed by atoms with E-state index in [4.69, 9.17) is 14.2 Å². The quantitative estimate of drug-likeness (QED) is 0.414. The molecule has 1 heterocycles. The number of nitrogens with zero attached hydrogens (tertiary/aromatic N) is 1. The van der Waals surface area contributed by atoms with Gasteiger partial charge in [0.15, 0.2) is 5.60 Å². The highest BCUT2D eigenvalue weighted by Crippen LogP contribution is 2.41. The SMILES string of the molecule is CCOC(CC1CCC(OCCN2CCOC3CCCCC32)CC1)(CC1CCCCC1F)C(=O)O. The van der Waals surface area contributed by atoms with Crippen LogP contribution in [0.4, 0.5) is 4.39 Å². The molecule has 3 aliphatic carbocycles. The molecular weight excluding hydrogens is 449 g/mol. The predicted molar refractivity (Wildman–Crippen MR) is 133 cm³/mol. The summed E-state index contributed by atoms with van der Waals surface area (Å²) in [6, 6.07) is 0.563. The molecule has 4 rings (SSSR count). The van der Waals surface area contributed by atoms with E-state index in [1.165, 1.54) is 25.7 Å². The lowest BCUT2D eigenvalue weighted by molar-refractivity contribution is -0.173. The van der Waals surface area contributed by atoms with Gasteiger partial charge >= 0.3 is 5.97 Å². The number of carboxylic acid groups (broad SMARTS) is 1. The summed E-state index contributed by atoms with van der Waals surface area (Å²) in [5.74, 6) is -0.821. The number of aliphatic carboxylic acids is 1. The maximum atomic E-state index is 14.6. The zero-order valence-electron chi connectivity index (χ0n) is 21.8. The van der Waals surface area contributed by atoms with Gasteiger partial charge in [-0.3, -0.25) is 4.90 Å². The topological polar surface area (TPSA) is 68.2 Å². The third-order valence-electron chi connectivity index (χ3n) is 9.21. The van der Waals surface area contributed by atoms with Gasteiger partial charge in [0.25, 0.3) is 0 Å². The van der Waals surface area contributed by atoms with E-state index in [1.807, 2.05) is 6.92 Å². The molecule has 1 N–H and O–H groups in total. The summed E-state index contributed by atoms with van der Waals surface area (Å²) in [6.45, 7) is 5.77. The number of hydrogen-bond acceptors (Lipinski definition) is 5. The van der Waals surface area contributed by atoms with Gasteiger partial charge in [0.1, 0.15) is 6.17 Å². The summed E-state index contributed by atoms with van der Waals surface area (Å²) < 4.78 is 32.8. The molecule has 35 heavy (non-hydrogen) atoms. The van der Waals surface area contributed by atoms with Gasteiger partial charge in [-0.05, 0) is 83.0 Å². The fourth-order valence-corrected chi connectivity index (χ4v) is 7.29. The van der Waals surface area contributed by atoms with Crippen LogP contribution in [-0.2, 0) is 19.0 Å². The first kappa shape index (κ1) is 27.3. The van der Waals surface area contributed by atoms with Gasteiger partial charge in [0.2, 0.25) is 0 Å². The Bertz CT molecular complexity index is 655. The summed E-state index contributed by atoms with van der Waals surface area (Å²) in [5.41, 5.74) is -1.26. The Balaban J connectivity index is 1.23. The normalized spacial score (nSPS) is 36.3. The number of hydrogen-bond donors (Lipinski definition) is 1. The van der Waals surface area contributed by atoms with E-state index in [2.05, 4.69) is 4.90 Å². The predicted octanol–water partition coefficient (Wildman–Crippen LogP) is 5.37. The molecule has 4 aliphatic rings. The van der Waals surface area contributed by atoms with E-state index in [-0.39, 0.29) is 12.0 Å².